The number of allylic oxidation sites excluding steroid dienone is 4. The highest BCUT2D eigenvalue weighted by Gasteiger charge is 2.53. The van der Waals surface area contributed by atoms with E-state index in [2.05, 4.69) is 43.5 Å². The molecule has 0 aliphatic carbocycles. The molecule has 0 bridgehead atoms. The highest BCUT2D eigenvalue weighted by Crippen LogP contribution is 2.33. The van der Waals surface area contributed by atoms with Crippen molar-refractivity contribution in [3.63, 3.8) is 0 Å². The molecule has 19 nitrogen and oxygen atoms in total. The number of unbranched alkanes of at least 4 members (excludes halogenated alkanes) is 37. The molecule has 0 aromatic rings. The summed E-state index contributed by atoms with van der Waals surface area (Å²) in [4.78, 5) is 13.4. The predicted octanol–water partition coefficient (Wildman–Crippen LogP) is 10.2. The van der Waals surface area contributed by atoms with Gasteiger partial charge in [0.2, 0.25) is 5.91 Å². The number of amides is 1. The van der Waals surface area contributed by atoms with Crippen LogP contribution in [-0.4, -0.2) is 193 Å². The number of aliphatic hydroxyl groups excluding tert-OH is 11. The van der Waals surface area contributed by atoms with Gasteiger partial charge in [-0.05, 0) is 44.9 Å². The van der Waals surface area contributed by atoms with Gasteiger partial charge < -0.3 is 89.9 Å². The minimum absolute atomic E-state index is 0.247. The molecule has 17 unspecified atom stereocenters. The van der Waals surface area contributed by atoms with Crippen LogP contribution in [0.3, 0.4) is 0 Å². The molecule has 3 aliphatic rings. The van der Waals surface area contributed by atoms with Gasteiger partial charge in [-0.3, -0.25) is 4.79 Å². The third-order valence-electron chi connectivity index (χ3n) is 18.5. The normalized spacial score (nSPS) is 28.1. The van der Waals surface area contributed by atoms with Gasteiger partial charge in [0.1, 0.15) is 73.2 Å². The Morgan fingerprint density at radius 3 is 1.16 bits per heavy atom. The molecule has 1 amide bonds. The van der Waals surface area contributed by atoms with Gasteiger partial charge in [0.15, 0.2) is 18.9 Å². The SMILES string of the molecule is CCCCC/C=C\C/C=C\CCCCCCCCCC(=O)NC(COC1OC(CO)C(OC2OC(CO)C(OC3OC(CO)C(O)C(O)C3O)C(O)C2O)C(O)C1O)C(O)CCCCCCCCCCCCCCCCCCCCCCCCCCCCCC. The standard InChI is InChI=1S/C71H133NO18/c1-3-5-7-9-11-13-15-17-19-21-22-23-24-25-26-27-28-29-30-31-33-34-36-38-40-42-44-46-48-55(76)54(72-59(77)49-47-45-43-41-39-37-35-32-20-18-16-14-12-10-8-6-4-2)53-85-69-65(83)62(80)67(57(51-74)87-69)90-71-66(84)63(81)68(58(52-75)88-71)89-70-64(82)61(79)60(78)56(50-73)86-70/h12,14,18,20,54-58,60-71,73-76,78-84H,3-11,13,15-17,19,21-53H2,1-2H3,(H,72,77)/b14-12-,20-18-. The molecule has 3 rings (SSSR count). The average molecular weight is 1290 g/mol. The molecule has 0 aromatic carbocycles. The lowest BCUT2D eigenvalue weighted by molar-refractivity contribution is -0.379. The van der Waals surface area contributed by atoms with Crippen molar-refractivity contribution in [2.24, 2.45) is 0 Å². The maximum Gasteiger partial charge on any atom is 0.220 e. The average Bonchev–Trinajstić information content (AvgIpc) is 0.847. The van der Waals surface area contributed by atoms with Crippen molar-refractivity contribution in [3.8, 4) is 0 Å². The van der Waals surface area contributed by atoms with Crippen LogP contribution in [0.1, 0.15) is 290 Å². The minimum Gasteiger partial charge on any atom is -0.394 e. The molecular weight excluding hydrogens is 1150 g/mol. The summed E-state index contributed by atoms with van der Waals surface area (Å²) in [5.41, 5.74) is 0. The number of ether oxygens (including phenoxy) is 6. The second-order valence-corrected chi connectivity index (χ2v) is 26.4. The summed E-state index contributed by atoms with van der Waals surface area (Å²) < 4.78 is 34.4. The van der Waals surface area contributed by atoms with Gasteiger partial charge in [0.25, 0.3) is 0 Å². The van der Waals surface area contributed by atoms with E-state index in [-0.39, 0.29) is 18.9 Å². The van der Waals surface area contributed by atoms with Crippen molar-refractivity contribution >= 4 is 5.91 Å². The van der Waals surface area contributed by atoms with Crippen molar-refractivity contribution in [2.75, 3.05) is 26.4 Å². The molecule has 530 valence electrons. The molecule has 12 N–H and O–H groups in total. The molecule has 90 heavy (non-hydrogen) atoms. The summed E-state index contributed by atoms with van der Waals surface area (Å²) in [5, 5.41) is 121. The molecule has 17 atom stereocenters. The quantitative estimate of drug-likeness (QED) is 0.0199. The molecule has 3 heterocycles. The van der Waals surface area contributed by atoms with Gasteiger partial charge in [-0.15, -0.1) is 0 Å². The Bertz CT molecular complexity index is 1730. The smallest absolute Gasteiger partial charge is 0.220 e. The molecule has 0 spiro atoms. The Kier molecular flexibility index (Phi) is 49.0. The van der Waals surface area contributed by atoms with E-state index in [0.29, 0.717) is 12.8 Å². The fraction of sp³-hybridized carbons (Fsp3) is 0.930. The van der Waals surface area contributed by atoms with Crippen molar-refractivity contribution in [1.82, 2.24) is 5.32 Å². The fourth-order valence-corrected chi connectivity index (χ4v) is 12.6. The van der Waals surface area contributed by atoms with E-state index >= 15 is 0 Å². The maximum atomic E-state index is 13.4. The van der Waals surface area contributed by atoms with E-state index in [4.69, 9.17) is 28.4 Å². The summed E-state index contributed by atoms with van der Waals surface area (Å²) >= 11 is 0. The summed E-state index contributed by atoms with van der Waals surface area (Å²) in [7, 11) is 0. The zero-order chi connectivity index (χ0) is 65.4. The first-order valence-electron chi connectivity index (χ1n) is 36.6. The summed E-state index contributed by atoms with van der Waals surface area (Å²) in [6.07, 6.45) is 34.0. The van der Waals surface area contributed by atoms with Gasteiger partial charge in [0.05, 0.1) is 38.6 Å². The number of carbonyl (C=O) groups excluding carboxylic acids is 1. The third kappa shape index (κ3) is 34.8. The zero-order valence-corrected chi connectivity index (χ0v) is 56.1. The number of rotatable bonds is 57. The van der Waals surface area contributed by atoms with Gasteiger partial charge in [0, 0.05) is 6.42 Å². The maximum absolute atomic E-state index is 13.4. The van der Waals surface area contributed by atoms with Crippen molar-refractivity contribution in [1.29, 1.82) is 0 Å². The van der Waals surface area contributed by atoms with Crippen molar-refractivity contribution in [2.45, 2.75) is 394 Å². The molecule has 3 fully saturated rings. The Hall–Kier alpha value is -1.73. The van der Waals surface area contributed by atoms with E-state index in [1.165, 1.54) is 180 Å². The Morgan fingerprint density at radius 1 is 0.400 bits per heavy atom. The molecule has 19 heteroatoms. The first kappa shape index (κ1) is 82.5. The Morgan fingerprint density at radius 2 is 0.733 bits per heavy atom. The first-order chi connectivity index (χ1) is 43.8. The number of hydrogen-bond donors (Lipinski definition) is 12. The Labute approximate surface area is 543 Å². The van der Waals surface area contributed by atoms with Gasteiger partial charge >= 0.3 is 0 Å². The van der Waals surface area contributed by atoms with Crippen LogP contribution in [0.5, 0.6) is 0 Å². The van der Waals surface area contributed by atoms with Gasteiger partial charge in [-0.1, -0.05) is 263 Å². The van der Waals surface area contributed by atoms with Crippen molar-refractivity contribution in [3.05, 3.63) is 24.3 Å². The molecule has 0 saturated carbocycles. The molecule has 3 aliphatic heterocycles. The molecular formula is C71H133NO18. The monoisotopic (exact) mass is 1290 g/mol. The highest BCUT2D eigenvalue weighted by molar-refractivity contribution is 5.76. The second kappa shape index (κ2) is 53.4. The van der Waals surface area contributed by atoms with Crippen LogP contribution in [0.4, 0.5) is 0 Å². The lowest BCUT2D eigenvalue weighted by Crippen LogP contribution is -2.66. The van der Waals surface area contributed by atoms with Crippen LogP contribution in [0.2, 0.25) is 0 Å². The summed E-state index contributed by atoms with van der Waals surface area (Å²) in [6.45, 7) is 1.80. The number of carbonyl (C=O) groups is 1. The summed E-state index contributed by atoms with van der Waals surface area (Å²) in [5.74, 6) is -0.247. The van der Waals surface area contributed by atoms with Gasteiger partial charge in [-0.25, -0.2) is 0 Å². The lowest BCUT2D eigenvalue weighted by Gasteiger charge is -2.48. The first-order valence-corrected chi connectivity index (χ1v) is 36.6. The highest BCUT2D eigenvalue weighted by atomic mass is 16.8. The van der Waals surface area contributed by atoms with E-state index in [9.17, 15) is 61.0 Å². The summed E-state index contributed by atoms with van der Waals surface area (Å²) in [6, 6.07) is -0.891. The number of aliphatic hydroxyl groups is 11. The third-order valence-corrected chi connectivity index (χ3v) is 18.5. The number of hydrogen-bond acceptors (Lipinski definition) is 18. The van der Waals surface area contributed by atoms with Crippen LogP contribution >= 0.6 is 0 Å². The molecule has 0 radical (unpaired) electrons. The topological polar surface area (TPSA) is 307 Å². The van der Waals surface area contributed by atoms with Crippen LogP contribution in [0.25, 0.3) is 0 Å². The number of nitrogens with one attached hydrogen (secondary N) is 1. The van der Waals surface area contributed by atoms with E-state index < -0.39 is 124 Å². The van der Waals surface area contributed by atoms with E-state index in [0.717, 1.165) is 77.0 Å². The fourth-order valence-electron chi connectivity index (χ4n) is 12.6. The van der Waals surface area contributed by atoms with Crippen LogP contribution in [0, 0.1) is 0 Å². The predicted molar refractivity (Wildman–Crippen MR) is 351 cm³/mol. The molecule has 0 aromatic heterocycles. The Balaban J connectivity index is 1.40. The second-order valence-electron chi connectivity index (χ2n) is 26.4. The van der Waals surface area contributed by atoms with E-state index in [1.807, 2.05) is 0 Å². The van der Waals surface area contributed by atoms with Crippen LogP contribution < -0.4 is 5.32 Å². The van der Waals surface area contributed by atoms with Gasteiger partial charge in [-0.2, -0.15) is 0 Å². The lowest BCUT2D eigenvalue weighted by atomic mass is 9.96. The van der Waals surface area contributed by atoms with Crippen molar-refractivity contribution < 1.29 is 89.4 Å². The molecule has 3 saturated heterocycles. The minimum atomic E-state index is -1.97. The largest absolute Gasteiger partial charge is 0.394 e. The zero-order valence-electron chi connectivity index (χ0n) is 56.1. The van der Waals surface area contributed by atoms with Crippen LogP contribution in [0.15, 0.2) is 24.3 Å². The van der Waals surface area contributed by atoms with Crippen LogP contribution in [-0.2, 0) is 33.2 Å². The van der Waals surface area contributed by atoms with E-state index in [1.54, 1.807) is 0 Å².